The highest BCUT2D eigenvalue weighted by molar-refractivity contribution is 5.73. The summed E-state index contributed by atoms with van der Waals surface area (Å²) in [5.41, 5.74) is 1.55. The van der Waals surface area contributed by atoms with E-state index in [9.17, 15) is 9.90 Å². The van der Waals surface area contributed by atoms with Gasteiger partial charge in [0.2, 0.25) is 0 Å². The van der Waals surface area contributed by atoms with Crippen LogP contribution in [-0.2, 0) is 9.53 Å². The van der Waals surface area contributed by atoms with Crippen molar-refractivity contribution in [1.29, 1.82) is 0 Å². The van der Waals surface area contributed by atoms with Gasteiger partial charge >= 0.3 is 0 Å². The van der Waals surface area contributed by atoms with Gasteiger partial charge in [-0.25, -0.2) is 0 Å². The van der Waals surface area contributed by atoms with E-state index in [1.165, 1.54) is 0 Å². The molecule has 0 unspecified atom stereocenters. The summed E-state index contributed by atoms with van der Waals surface area (Å²) < 4.78 is 5.82. The average Bonchev–Trinajstić information content (AvgIpc) is 3.14. The largest absolute Gasteiger partial charge is 0.389 e. The number of ether oxygens (including phenoxy) is 1. The van der Waals surface area contributed by atoms with Gasteiger partial charge in [-0.2, -0.15) is 0 Å². The summed E-state index contributed by atoms with van der Waals surface area (Å²) in [7, 11) is 0. The number of carbonyl (C=O) groups is 1. The van der Waals surface area contributed by atoms with Crippen LogP contribution >= 0.6 is 0 Å². The van der Waals surface area contributed by atoms with E-state index in [0.29, 0.717) is 6.42 Å². The Morgan fingerprint density at radius 2 is 2.26 bits per heavy atom. The summed E-state index contributed by atoms with van der Waals surface area (Å²) in [6.07, 6.45) is 12.3. The van der Waals surface area contributed by atoms with E-state index in [2.05, 4.69) is 38.7 Å². The molecule has 0 saturated carbocycles. The van der Waals surface area contributed by atoms with E-state index in [1.807, 2.05) is 6.92 Å². The van der Waals surface area contributed by atoms with Crippen LogP contribution in [-0.4, -0.2) is 29.2 Å². The molecule has 3 nitrogen and oxygen atoms in total. The molecule has 128 valence electrons. The minimum atomic E-state index is -0.457. The Morgan fingerprint density at radius 1 is 1.52 bits per heavy atom. The van der Waals surface area contributed by atoms with Crippen LogP contribution < -0.4 is 0 Å². The molecule has 1 N–H and O–H groups in total. The Kier molecular flexibility index (Phi) is 5.64. The van der Waals surface area contributed by atoms with Crippen molar-refractivity contribution in [2.24, 2.45) is 5.41 Å². The zero-order chi connectivity index (χ0) is 17.1. The minimum Gasteiger partial charge on any atom is -0.389 e. The smallest absolute Gasteiger partial charge is 0.145 e. The SMILES string of the molecule is C=C(C)[C@@H](O)CC[C@]1(C)/C=C/C[C@]2(C)O[C@H]2CC/C(C=O)=C\C1. The lowest BCUT2D eigenvalue weighted by Crippen LogP contribution is -2.18. The number of carbonyl (C=O) groups excluding carboxylic acids is 1. The van der Waals surface area contributed by atoms with Crippen molar-refractivity contribution in [3.05, 3.63) is 36.0 Å². The molecule has 4 atom stereocenters. The van der Waals surface area contributed by atoms with E-state index < -0.39 is 6.10 Å². The van der Waals surface area contributed by atoms with Crippen LogP contribution in [0.15, 0.2) is 36.0 Å². The molecule has 1 saturated heterocycles. The molecular weight excluding hydrogens is 288 g/mol. The van der Waals surface area contributed by atoms with Crippen LogP contribution in [0, 0.1) is 5.41 Å². The van der Waals surface area contributed by atoms with Gasteiger partial charge in [-0.15, -0.1) is 0 Å². The molecule has 2 aliphatic rings. The minimum absolute atomic E-state index is 0.0597. The van der Waals surface area contributed by atoms with Crippen molar-refractivity contribution in [3.8, 4) is 0 Å². The van der Waals surface area contributed by atoms with Gasteiger partial charge in [0, 0.05) is 0 Å². The average molecular weight is 318 g/mol. The third kappa shape index (κ3) is 4.89. The first-order valence-corrected chi connectivity index (χ1v) is 8.61. The number of allylic oxidation sites excluding steroid dienone is 3. The molecule has 1 aliphatic carbocycles. The number of aliphatic hydroxyl groups excluding tert-OH is 1. The summed E-state index contributed by atoms with van der Waals surface area (Å²) in [5, 5.41) is 10.0. The van der Waals surface area contributed by atoms with Crippen molar-refractivity contribution >= 4 is 6.29 Å². The van der Waals surface area contributed by atoms with E-state index in [1.54, 1.807) is 0 Å². The Bertz CT molecular complexity index is 519. The summed E-state index contributed by atoms with van der Waals surface area (Å²) in [6.45, 7) is 10.0. The molecule has 0 spiro atoms. The van der Waals surface area contributed by atoms with Crippen LogP contribution in [0.25, 0.3) is 0 Å². The second kappa shape index (κ2) is 7.14. The van der Waals surface area contributed by atoms with Gasteiger partial charge in [-0.05, 0) is 63.4 Å². The van der Waals surface area contributed by atoms with Gasteiger partial charge < -0.3 is 9.84 Å². The van der Waals surface area contributed by atoms with Gasteiger partial charge in [0.25, 0.3) is 0 Å². The van der Waals surface area contributed by atoms with Gasteiger partial charge in [0.15, 0.2) is 0 Å². The molecule has 0 radical (unpaired) electrons. The lowest BCUT2D eigenvalue weighted by atomic mass is 9.79. The fraction of sp³-hybridized carbons (Fsp3) is 0.650. The summed E-state index contributed by atoms with van der Waals surface area (Å²) in [4.78, 5) is 11.3. The summed E-state index contributed by atoms with van der Waals surface area (Å²) >= 11 is 0. The van der Waals surface area contributed by atoms with Crippen molar-refractivity contribution in [1.82, 2.24) is 0 Å². The molecule has 23 heavy (non-hydrogen) atoms. The van der Waals surface area contributed by atoms with Crippen LogP contribution in [0.4, 0.5) is 0 Å². The molecule has 2 rings (SSSR count). The maximum absolute atomic E-state index is 11.3. The monoisotopic (exact) mass is 318 g/mol. The fourth-order valence-corrected chi connectivity index (χ4v) is 3.25. The van der Waals surface area contributed by atoms with Gasteiger partial charge in [-0.3, -0.25) is 4.79 Å². The van der Waals surface area contributed by atoms with Crippen molar-refractivity contribution in [2.75, 3.05) is 0 Å². The van der Waals surface area contributed by atoms with Crippen LogP contribution in [0.2, 0.25) is 0 Å². The second-order valence-corrected chi connectivity index (χ2v) is 7.72. The molecule has 0 aromatic carbocycles. The normalized spacial score (nSPS) is 39.1. The first kappa shape index (κ1) is 18.2. The Labute approximate surface area is 140 Å². The molecule has 0 bridgehead atoms. The fourth-order valence-electron chi connectivity index (χ4n) is 3.25. The van der Waals surface area contributed by atoms with Crippen LogP contribution in [0.1, 0.15) is 59.3 Å². The van der Waals surface area contributed by atoms with Crippen molar-refractivity contribution in [3.63, 3.8) is 0 Å². The molecule has 1 aliphatic heterocycles. The number of hydrogen-bond donors (Lipinski definition) is 1. The predicted octanol–water partition coefficient (Wildman–Crippen LogP) is 4.12. The zero-order valence-corrected chi connectivity index (χ0v) is 14.7. The molecule has 3 heteroatoms. The number of epoxide rings is 1. The predicted molar refractivity (Wildman–Crippen MR) is 93.2 cm³/mol. The Balaban J connectivity index is 2.12. The third-order valence-electron chi connectivity index (χ3n) is 5.31. The first-order valence-electron chi connectivity index (χ1n) is 8.61. The highest BCUT2D eigenvalue weighted by atomic mass is 16.6. The van der Waals surface area contributed by atoms with Crippen molar-refractivity contribution in [2.45, 2.75) is 77.1 Å². The Hall–Kier alpha value is -1.19. The van der Waals surface area contributed by atoms with Crippen molar-refractivity contribution < 1.29 is 14.6 Å². The maximum Gasteiger partial charge on any atom is 0.145 e. The number of fused-ring (bicyclic) bond motifs is 1. The summed E-state index contributed by atoms with van der Waals surface area (Å²) in [6, 6.07) is 0. The number of rotatable bonds is 5. The number of hydrogen-bond acceptors (Lipinski definition) is 3. The lowest BCUT2D eigenvalue weighted by Gasteiger charge is -2.26. The van der Waals surface area contributed by atoms with Crippen LogP contribution in [0.3, 0.4) is 0 Å². The summed E-state index contributed by atoms with van der Waals surface area (Å²) in [5.74, 6) is 0. The topological polar surface area (TPSA) is 49.8 Å². The van der Waals surface area contributed by atoms with E-state index in [4.69, 9.17) is 4.74 Å². The highest BCUT2D eigenvalue weighted by Gasteiger charge is 2.50. The number of aldehydes is 1. The van der Waals surface area contributed by atoms with Gasteiger partial charge in [0.1, 0.15) is 6.29 Å². The van der Waals surface area contributed by atoms with E-state index >= 15 is 0 Å². The highest BCUT2D eigenvalue weighted by Crippen LogP contribution is 2.44. The maximum atomic E-state index is 11.3. The standard InChI is InChI=1S/C20H30O3/c1-15(2)17(22)9-13-19(3)10-5-11-20(4)18(23-20)7-6-16(14-21)8-12-19/h5,8,10,14,17-18,22H,1,6-7,9,11-13H2,2-4H3/b10-5+,16-8+/t17-,18-,19+,20-/m0/s1. The molecule has 1 heterocycles. The zero-order valence-electron chi connectivity index (χ0n) is 14.7. The first-order chi connectivity index (χ1) is 10.8. The second-order valence-electron chi connectivity index (χ2n) is 7.72. The van der Waals surface area contributed by atoms with Gasteiger partial charge in [0.05, 0.1) is 17.8 Å². The molecule has 0 amide bonds. The lowest BCUT2D eigenvalue weighted by molar-refractivity contribution is -0.105. The van der Waals surface area contributed by atoms with Crippen LogP contribution in [0.5, 0.6) is 0 Å². The molecule has 0 aromatic heterocycles. The number of aliphatic hydroxyl groups is 1. The molecular formula is C20H30O3. The van der Waals surface area contributed by atoms with E-state index in [0.717, 1.165) is 49.5 Å². The third-order valence-corrected chi connectivity index (χ3v) is 5.31. The molecule has 0 aromatic rings. The molecule has 1 fully saturated rings. The Morgan fingerprint density at radius 3 is 2.91 bits per heavy atom. The quantitative estimate of drug-likeness (QED) is 0.471. The van der Waals surface area contributed by atoms with Gasteiger partial charge in [-0.1, -0.05) is 37.3 Å². The van der Waals surface area contributed by atoms with E-state index in [-0.39, 0.29) is 17.1 Å².